The van der Waals surface area contributed by atoms with Crippen LogP contribution in [0.15, 0.2) is 60.7 Å². The van der Waals surface area contributed by atoms with Crippen LogP contribution in [0.3, 0.4) is 0 Å². The summed E-state index contributed by atoms with van der Waals surface area (Å²) in [4.78, 5) is 30.5. The molecule has 1 N–H and O–H groups in total. The Kier molecular flexibility index (Phi) is 4.73. The number of benzene rings is 3. The second kappa shape index (κ2) is 7.83. The first-order valence-corrected chi connectivity index (χ1v) is 11.2. The molecule has 1 unspecified atom stereocenters. The molecule has 35 heavy (non-hydrogen) atoms. The molecular weight excluding hydrogens is 450 g/mol. The summed E-state index contributed by atoms with van der Waals surface area (Å²) < 4.78 is 21.7. The fourth-order valence-corrected chi connectivity index (χ4v) is 4.68. The predicted octanol–water partition coefficient (Wildman–Crippen LogP) is 3.48. The molecule has 0 aliphatic carbocycles. The third-order valence-electron chi connectivity index (χ3n) is 6.52. The quantitative estimate of drug-likeness (QED) is 0.568. The summed E-state index contributed by atoms with van der Waals surface area (Å²) in [7, 11) is 3.89. The Labute approximate surface area is 201 Å². The average molecular weight is 473 g/mol. The van der Waals surface area contributed by atoms with Crippen molar-refractivity contribution in [2.45, 2.75) is 12.0 Å². The van der Waals surface area contributed by atoms with Gasteiger partial charge in [-0.2, -0.15) is 0 Å². The number of carbonyl (C=O) groups excluding carboxylic acids is 2. The molecule has 9 nitrogen and oxygen atoms in total. The molecule has 1 saturated heterocycles. The topological polar surface area (TPSA) is 89.6 Å². The monoisotopic (exact) mass is 473 g/mol. The molecule has 3 aromatic rings. The number of ether oxygens (including phenoxy) is 4. The van der Waals surface area contributed by atoms with Crippen molar-refractivity contribution in [1.29, 1.82) is 0 Å². The van der Waals surface area contributed by atoms with Crippen molar-refractivity contribution in [1.82, 2.24) is 0 Å². The van der Waals surface area contributed by atoms with Gasteiger partial charge in [-0.15, -0.1) is 0 Å². The molecule has 9 heteroatoms. The number of β-lactam (4-membered cyclic amide) rings is 1. The van der Waals surface area contributed by atoms with E-state index >= 15 is 0 Å². The highest BCUT2D eigenvalue weighted by molar-refractivity contribution is 6.17. The first kappa shape index (κ1) is 21.2. The van der Waals surface area contributed by atoms with Gasteiger partial charge in [0.2, 0.25) is 19.5 Å². The van der Waals surface area contributed by atoms with Gasteiger partial charge in [-0.05, 0) is 42.0 Å². The minimum atomic E-state index is -1.24. The molecule has 0 aromatic heterocycles. The zero-order valence-electron chi connectivity index (χ0n) is 19.2. The predicted molar refractivity (Wildman–Crippen MR) is 128 cm³/mol. The third-order valence-corrected chi connectivity index (χ3v) is 6.52. The van der Waals surface area contributed by atoms with Crippen molar-refractivity contribution >= 4 is 28.9 Å². The zero-order valence-corrected chi connectivity index (χ0v) is 19.2. The third kappa shape index (κ3) is 3.30. The SMILES string of the molecule is CN(C)c1ccc(C2(C(=O)Nc3ccc4c(c3)OCO4)CC(=O)N2c2ccc3c(c2)OCO3)cc1. The van der Waals surface area contributed by atoms with Gasteiger partial charge in [0.25, 0.3) is 5.91 Å². The molecular formula is C26H23N3O6. The number of anilines is 3. The van der Waals surface area contributed by atoms with Crippen molar-refractivity contribution in [3.63, 3.8) is 0 Å². The fraction of sp³-hybridized carbons (Fsp3) is 0.231. The number of carbonyl (C=O) groups is 2. The van der Waals surface area contributed by atoms with E-state index in [2.05, 4.69) is 5.32 Å². The van der Waals surface area contributed by atoms with Gasteiger partial charge in [0, 0.05) is 43.3 Å². The highest BCUT2D eigenvalue weighted by atomic mass is 16.7. The second-order valence-electron chi connectivity index (χ2n) is 8.77. The number of fused-ring (bicyclic) bond motifs is 2. The van der Waals surface area contributed by atoms with Crippen LogP contribution < -0.4 is 34.1 Å². The first-order chi connectivity index (χ1) is 17.0. The number of hydrogen-bond donors (Lipinski definition) is 1. The Hall–Kier alpha value is -4.40. The summed E-state index contributed by atoms with van der Waals surface area (Å²) in [5.41, 5.74) is 1.56. The number of hydrogen-bond acceptors (Lipinski definition) is 7. The standard InChI is InChI=1S/C26H23N3O6/c1-28(2)18-6-3-16(4-7-18)26(25(31)27-17-5-9-20-22(11-17)34-14-32-20)13-24(30)29(26)19-8-10-21-23(12-19)35-15-33-21/h3-12H,13-15H2,1-2H3,(H,27,31). The molecule has 0 bridgehead atoms. The fourth-order valence-electron chi connectivity index (χ4n) is 4.68. The molecule has 3 heterocycles. The van der Waals surface area contributed by atoms with Crippen molar-refractivity contribution < 1.29 is 28.5 Å². The highest BCUT2D eigenvalue weighted by Crippen LogP contribution is 2.48. The van der Waals surface area contributed by atoms with E-state index < -0.39 is 5.54 Å². The lowest BCUT2D eigenvalue weighted by Crippen LogP contribution is -2.67. The van der Waals surface area contributed by atoms with Gasteiger partial charge >= 0.3 is 0 Å². The van der Waals surface area contributed by atoms with Gasteiger partial charge in [0.1, 0.15) is 0 Å². The minimum absolute atomic E-state index is 0.0269. The molecule has 0 radical (unpaired) electrons. The summed E-state index contributed by atoms with van der Waals surface area (Å²) in [6.45, 7) is 0.260. The van der Waals surface area contributed by atoms with E-state index in [1.807, 2.05) is 43.3 Å². The smallest absolute Gasteiger partial charge is 0.255 e. The lowest BCUT2D eigenvalue weighted by atomic mass is 9.76. The summed E-state index contributed by atoms with van der Waals surface area (Å²) in [5, 5.41) is 2.99. The van der Waals surface area contributed by atoms with Crippen LogP contribution in [0.1, 0.15) is 12.0 Å². The van der Waals surface area contributed by atoms with Gasteiger partial charge in [0.05, 0.1) is 6.42 Å². The second-order valence-corrected chi connectivity index (χ2v) is 8.77. The molecule has 3 aliphatic rings. The van der Waals surface area contributed by atoms with Gasteiger partial charge < -0.3 is 29.2 Å². The summed E-state index contributed by atoms with van der Waals surface area (Å²) in [5.74, 6) is 1.83. The lowest BCUT2D eigenvalue weighted by Gasteiger charge is -2.50. The Bertz CT molecular complexity index is 1340. The maximum absolute atomic E-state index is 14.0. The van der Waals surface area contributed by atoms with E-state index in [9.17, 15) is 9.59 Å². The van der Waals surface area contributed by atoms with Crippen LogP contribution in [0.25, 0.3) is 0 Å². The zero-order chi connectivity index (χ0) is 24.2. The molecule has 0 spiro atoms. The molecule has 1 atom stereocenters. The summed E-state index contributed by atoms with van der Waals surface area (Å²) in [6.07, 6.45) is 0.0269. The number of rotatable bonds is 5. The normalized spacial score (nSPS) is 19.4. The summed E-state index contributed by atoms with van der Waals surface area (Å²) >= 11 is 0. The molecule has 3 aliphatic heterocycles. The molecule has 1 fully saturated rings. The van der Waals surface area contributed by atoms with Crippen LogP contribution >= 0.6 is 0 Å². The number of nitrogens with one attached hydrogen (secondary N) is 1. The van der Waals surface area contributed by atoms with Crippen molar-refractivity contribution in [3.05, 3.63) is 66.2 Å². The Morgan fingerprint density at radius 2 is 1.49 bits per heavy atom. The molecule has 3 aromatic carbocycles. The van der Waals surface area contributed by atoms with Crippen molar-refractivity contribution in [2.75, 3.05) is 42.8 Å². The number of amides is 2. The van der Waals surface area contributed by atoms with Gasteiger partial charge in [-0.3, -0.25) is 14.5 Å². The Morgan fingerprint density at radius 3 is 2.14 bits per heavy atom. The van der Waals surface area contributed by atoms with E-state index in [-0.39, 0.29) is 31.8 Å². The van der Waals surface area contributed by atoms with Gasteiger partial charge in [-0.1, -0.05) is 12.1 Å². The largest absolute Gasteiger partial charge is 0.454 e. The molecule has 178 valence electrons. The van der Waals surface area contributed by atoms with Crippen LogP contribution in [0.2, 0.25) is 0 Å². The minimum Gasteiger partial charge on any atom is -0.454 e. The first-order valence-electron chi connectivity index (χ1n) is 11.2. The summed E-state index contributed by atoms with van der Waals surface area (Å²) in [6, 6.07) is 18.1. The van der Waals surface area contributed by atoms with Crippen LogP contribution in [0.5, 0.6) is 23.0 Å². The maximum Gasteiger partial charge on any atom is 0.255 e. The molecule has 2 amide bonds. The molecule has 6 rings (SSSR count). The van der Waals surface area contributed by atoms with E-state index in [1.165, 1.54) is 4.90 Å². The maximum atomic E-state index is 14.0. The average Bonchev–Trinajstić information content (AvgIpc) is 3.51. The van der Waals surface area contributed by atoms with E-state index in [0.29, 0.717) is 39.9 Å². The van der Waals surface area contributed by atoms with Crippen LogP contribution in [-0.2, 0) is 15.1 Å². The van der Waals surface area contributed by atoms with E-state index in [0.717, 1.165) is 5.69 Å². The van der Waals surface area contributed by atoms with Crippen LogP contribution in [-0.4, -0.2) is 39.5 Å². The van der Waals surface area contributed by atoms with Crippen molar-refractivity contribution in [3.8, 4) is 23.0 Å². The van der Waals surface area contributed by atoms with E-state index in [4.69, 9.17) is 18.9 Å². The Balaban J connectivity index is 1.41. The van der Waals surface area contributed by atoms with Crippen LogP contribution in [0.4, 0.5) is 17.1 Å². The highest BCUT2D eigenvalue weighted by Gasteiger charge is 2.58. The lowest BCUT2D eigenvalue weighted by molar-refractivity contribution is -0.137. The van der Waals surface area contributed by atoms with Gasteiger partial charge in [-0.25, -0.2) is 0 Å². The molecule has 0 saturated carbocycles. The number of nitrogens with zero attached hydrogens (tertiary/aromatic N) is 2. The van der Waals surface area contributed by atoms with Gasteiger partial charge in [0.15, 0.2) is 28.5 Å². The van der Waals surface area contributed by atoms with Crippen LogP contribution in [0, 0.1) is 0 Å². The Morgan fingerprint density at radius 1 is 0.857 bits per heavy atom. The van der Waals surface area contributed by atoms with E-state index in [1.54, 1.807) is 36.4 Å². The van der Waals surface area contributed by atoms with Crippen molar-refractivity contribution in [2.24, 2.45) is 0 Å².